The molecule has 1 aromatic rings. The summed E-state index contributed by atoms with van der Waals surface area (Å²) in [6.45, 7) is 5.36. The van der Waals surface area contributed by atoms with Crippen molar-refractivity contribution in [2.24, 2.45) is 5.92 Å². The van der Waals surface area contributed by atoms with Crippen molar-refractivity contribution in [1.82, 2.24) is 4.90 Å². The fraction of sp³-hybridized carbons (Fsp3) is 0.500. The van der Waals surface area contributed by atoms with Crippen LogP contribution in [0.3, 0.4) is 0 Å². The number of nitriles is 1. The average Bonchev–Trinajstić information content (AvgIpc) is 2.76. The molecular formula is C12H16N2OS. The minimum Gasteiger partial charge on any atom is -0.337 e. The molecule has 0 aromatic carbocycles. The van der Waals surface area contributed by atoms with E-state index in [4.69, 9.17) is 5.26 Å². The van der Waals surface area contributed by atoms with Gasteiger partial charge in [-0.15, -0.1) is 0 Å². The predicted octanol–water partition coefficient (Wildman–Crippen LogP) is 2.76. The van der Waals surface area contributed by atoms with E-state index in [0.717, 1.165) is 5.56 Å². The maximum atomic E-state index is 12.1. The summed E-state index contributed by atoms with van der Waals surface area (Å²) < 4.78 is 0. The molecule has 1 rings (SSSR count). The van der Waals surface area contributed by atoms with E-state index in [1.807, 2.05) is 16.8 Å². The molecule has 0 aliphatic rings. The number of thiophene rings is 1. The Hall–Kier alpha value is -1.34. The van der Waals surface area contributed by atoms with Gasteiger partial charge in [0.2, 0.25) is 0 Å². The number of carbonyl (C=O) groups is 1. The molecule has 1 heterocycles. The maximum Gasteiger partial charge on any atom is 0.254 e. The fourth-order valence-electron chi connectivity index (χ4n) is 1.47. The largest absolute Gasteiger partial charge is 0.337 e. The molecule has 0 atom stereocenters. The third kappa shape index (κ3) is 3.67. The van der Waals surface area contributed by atoms with Crippen LogP contribution < -0.4 is 0 Å². The van der Waals surface area contributed by atoms with E-state index >= 15 is 0 Å². The summed E-state index contributed by atoms with van der Waals surface area (Å²) in [5.41, 5.74) is 0.726. The van der Waals surface area contributed by atoms with Gasteiger partial charge in [-0.3, -0.25) is 4.79 Å². The van der Waals surface area contributed by atoms with Crippen molar-refractivity contribution < 1.29 is 4.79 Å². The number of hydrogen-bond donors (Lipinski definition) is 0. The Labute approximate surface area is 100 Å². The Morgan fingerprint density at radius 2 is 2.38 bits per heavy atom. The molecule has 0 aliphatic heterocycles. The highest BCUT2D eigenvalue weighted by atomic mass is 32.1. The van der Waals surface area contributed by atoms with Crippen molar-refractivity contribution in [2.75, 3.05) is 13.1 Å². The Kier molecular flexibility index (Phi) is 5.00. The van der Waals surface area contributed by atoms with Crippen molar-refractivity contribution in [3.63, 3.8) is 0 Å². The van der Waals surface area contributed by atoms with Gasteiger partial charge in [-0.1, -0.05) is 13.8 Å². The first-order chi connectivity index (χ1) is 7.65. The maximum absolute atomic E-state index is 12.1. The third-order valence-electron chi connectivity index (χ3n) is 2.13. The number of amides is 1. The van der Waals surface area contributed by atoms with Crippen LogP contribution in [0.5, 0.6) is 0 Å². The Morgan fingerprint density at radius 1 is 1.62 bits per heavy atom. The molecule has 0 aliphatic carbocycles. The summed E-state index contributed by atoms with van der Waals surface area (Å²) in [6, 6.07) is 3.91. The van der Waals surface area contributed by atoms with Gasteiger partial charge in [0, 0.05) is 18.5 Å². The van der Waals surface area contributed by atoms with Gasteiger partial charge in [-0.25, -0.2) is 0 Å². The number of carbonyl (C=O) groups excluding carboxylic acids is 1. The Balaban J connectivity index is 2.68. The summed E-state index contributed by atoms with van der Waals surface area (Å²) >= 11 is 1.52. The first kappa shape index (κ1) is 12.7. The number of nitrogens with zero attached hydrogens (tertiary/aromatic N) is 2. The summed E-state index contributed by atoms with van der Waals surface area (Å²) in [7, 11) is 0. The van der Waals surface area contributed by atoms with Crippen LogP contribution in [0.2, 0.25) is 0 Å². The SMILES string of the molecule is CC(C)CN(CCC#N)C(=O)c1ccsc1. The summed E-state index contributed by atoms with van der Waals surface area (Å²) in [6.07, 6.45) is 0.391. The monoisotopic (exact) mass is 236 g/mol. The lowest BCUT2D eigenvalue weighted by Gasteiger charge is -2.23. The summed E-state index contributed by atoms with van der Waals surface area (Å²) in [4.78, 5) is 13.8. The van der Waals surface area contributed by atoms with Crippen LogP contribution in [0.25, 0.3) is 0 Å². The van der Waals surface area contributed by atoms with E-state index in [2.05, 4.69) is 19.9 Å². The Morgan fingerprint density at radius 3 is 2.88 bits per heavy atom. The van der Waals surface area contributed by atoms with E-state index in [0.29, 0.717) is 25.4 Å². The third-order valence-corrected chi connectivity index (χ3v) is 2.82. The Bertz CT molecular complexity index is 365. The van der Waals surface area contributed by atoms with Gasteiger partial charge in [-0.2, -0.15) is 16.6 Å². The van der Waals surface area contributed by atoms with E-state index in [1.165, 1.54) is 11.3 Å². The quantitative estimate of drug-likeness (QED) is 0.789. The fourth-order valence-corrected chi connectivity index (χ4v) is 2.10. The molecule has 1 aromatic heterocycles. The van der Waals surface area contributed by atoms with Crippen molar-refractivity contribution >= 4 is 17.2 Å². The molecule has 0 spiro atoms. The second-order valence-electron chi connectivity index (χ2n) is 4.07. The van der Waals surface area contributed by atoms with Gasteiger partial charge in [0.05, 0.1) is 18.1 Å². The lowest BCUT2D eigenvalue weighted by Crippen LogP contribution is -2.34. The topological polar surface area (TPSA) is 44.1 Å². The summed E-state index contributed by atoms with van der Waals surface area (Å²) in [5.74, 6) is 0.450. The van der Waals surface area contributed by atoms with Gasteiger partial charge in [0.25, 0.3) is 5.91 Å². The standard InChI is InChI=1S/C12H16N2OS/c1-10(2)8-14(6-3-5-13)12(15)11-4-7-16-9-11/h4,7,9-10H,3,6,8H2,1-2H3. The van der Waals surface area contributed by atoms with Gasteiger partial charge >= 0.3 is 0 Å². The van der Waals surface area contributed by atoms with Crippen LogP contribution in [0, 0.1) is 17.2 Å². The second-order valence-corrected chi connectivity index (χ2v) is 4.85. The molecule has 3 nitrogen and oxygen atoms in total. The van der Waals surface area contributed by atoms with Crippen LogP contribution >= 0.6 is 11.3 Å². The molecule has 0 radical (unpaired) electrons. The minimum atomic E-state index is 0.0326. The van der Waals surface area contributed by atoms with Crippen LogP contribution in [0.4, 0.5) is 0 Å². The van der Waals surface area contributed by atoms with Crippen LogP contribution in [-0.2, 0) is 0 Å². The highest BCUT2D eigenvalue weighted by molar-refractivity contribution is 7.08. The molecule has 0 saturated heterocycles. The highest BCUT2D eigenvalue weighted by Gasteiger charge is 2.16. The highest BCUT2D eigenvalue weighted by Crippen LogP contribution is 2.11. The molecular weight excluding hydrogens is 220 g/mol. The molecule has 0 N–H and O–H groups in total. The van der Waals surface area contributed by atoms with Gasteiger partial charge < -0.3 is 4.90 Å². The lowest BCUT2D eigenvalue weighted by atomic mass is 10.2. The first-order valence-corrected chi connectivity index (χ1v) is 6.28. The van der Waals surface area contributed by atoms with Crippen molar-refractivity contribution in [3.8, 4) is 6.07 Å². The van der Waals surface area contributed by atoms with Gasteiger partial charge in [-0.05, 0) is 17.4 Å². The lowest BCUT2D eigenvalue weighted by molar-refractivity contribution is 0.0740. The zero-order chi connectivity index (χ0) is 12.0. The number of rotatable bonds is 5. The smallest absolute Gasteiger partial charge is 0.254 e. The average molecular weight is 236 g/mol. The molecule has 1 amide bonds. The second kappa shape index (κ2) is 6.29. The normalized spacial score (nSPS) is 10.1. The van der Waals surface area contributed by atoms with E-state index in [-0.39, 0.29) is 5.91 Å². The van der Waals surface area contributed by atoms with Crippen LogP contribution in [-0.4, -0.2) is 23.9 Å². The molecule has 0 saturated carbocycles. The first-order valence-electron chi connectivity index (χ1n) is 5.33. The summed E-state index contributed by atoms with van der Waals surface area (Å²) in [5, 5.41) is 12.3. The minimum absolute atomic E-state index is 0.0326. The molecule has 0 unspecified atom stereocenters. The number of hydrogen-bond acceptors (Lipinski definition) is 3. The molecule has 4 heteroatoms. The van der Waals surface area contributed by atoms with Gasteiger partial charge in [0.15, 0.2) is 0 Å². The molecule has 86 valence electrons. The molecule has 16 heavy (non-hydrogen) atoms. The van der Waals surface area contributed by atoms with E-state index in [1.54, 1.807) is 4.90 Å². The van der Waals surface area contributed by atoms with Gasteiger partial charge in [0.1, 0.15) is 0 Å². The van der Waals surface area contributed by atoms with Crippen molar-refractivity contribution in [3.05, 3.63) is 22.4 Å². The predicted molar refractivity (Wildman–Crippen MR) is 65.3 cm³/mol. The zero-order valence-corrected chi connectivity index (χ0v) is 10.5. The van der Waals surface area contributed by atoms with Crippen LogP contribution in [0.1, 0.15) is 30.6 Å². The molecule has 0 bridgehead atoms. The van der Waals surface area contributed by atoms with Crippen LogP contribution in [0.15, 0.2) is 16.8 Å². The van der Waals surface area contributed by atoms with E-state index in [9.17, 15) is 4.79 Å². The van der Waals surface area contributed by atoms with E-state index < -0.39 is 0 Å². The zero-order valence-electron chi connectivity index (χ0n) is 9.64. The van der Waals surface area contributed by atoms with Crippen molar-refractivity contribution in [1.29, 1.82) is 5.26 Å². The molecule has 0 fully saturated rings. The van der Waals surface area contributed by atoms with Crippen molar-refractivity contribution in [2.45, 2.75) is 20.3 Å².